The summed E-state index contributed by atoms with van der Waals surface area (Å²) < 4.78 is 0. The molecule has 0 spiro atoms. The van der Waals surface area contributed by atoms with Crippen molar-refractivity contribution < 1.29 is 4.92 Å². The first-order valence-corrected chi connectivity index (χ1v) is 5.76. The Labute approximate surface area is 105 Å². The molecular weight excluding hydrogens is 232 g/mol. The van der Waals surface area contributed by atoms with Crippen LogP contribution in [0.2, 0.25) is 0 Å². The molecule has 0 aliphatic carbocycles. The van der Waals surface area contributed by atoms with Crippen molar-refractivity contribution in [2.75, 3.05) is 25.0 Å². The first-order chi connectivity index (χ1) is 8.65. The predicted molar refractivity (Wildman–Crippen MR) is 67.5 cm³/mol. The highest BCUT2D eigenvalue weighted by molar-refractivity contribution is 5.60. The molecule has 0 radical (unpaired) electrons. The number of hydrogen-bond acceptors (Lipinski definition) is 5. The Bertz CT molecular complexity index is 509. The number of likely N-dealkylation sites (N-methyl/N-ethyl adjacent to an activating group) is 1. The third kappa shape index (κ3) is 2.26. The zero-order valence-corrected chi connectivity index (χ0v) is 10.1. The van der Waals surface area contributed by atoms with Gasteiger partial charge in [-0.25, -0.2) is 0 Å². The van der Waals surface area contributed by atoms with Gasteiger partial charge in [0.25, 0.3) is 5.69 Å². The number of nitro benzene ring substituents is 1. The van der Waals surface area contributed by atoms with Crippen LogP contribution in [0.3, 0.4) is 0 Å². The van der Waals surface area contributed by atoms with Crippen molar-refractivity contribution >= 4 is 11.4 Å². The van der Waals surface area contributed by atoms with Crippen LogP contribution in [-0.4, -0.2) is 31.1 Å². The van der Waals surface area contributed by atoms with E-state index in [1.165, 1.54) is 12.1 Å². The van der Waals surface area contributed by atoms with Crippen LogP contribution in [0.4, 0.5) is 11.4 Å². The van der Waals surface area contributed by atoms with E-state index >= 15 is 0 Å². The van der Waals surface area contributed by atoms with E-state index < -0.39 is 4.92 Å². The van der Waals surface area contributed by atoms with Crippen LogP contribution >= 0.6 is 0 Å². The number of nitrogens with zero attached hydrogens (tertiary/aromatic N) is 3. The van der Waals surface area contributed by atoms with Gasteiger partial charge in [-0.05, 0) is 25.6 Å². The molecule has 1 unspecified atom stereocenters. The first kappa shape index (κ1) is 12.3. The molecule has 6 nitrogen and oxygen atoms in total. The maximum atomic E-state index is 10.9. The van der Waals surface area contributed by atoms with Gasteiger partial charge in [-0.1, -0.05) is 0 Å². The van der Waals surface area contributed by atoms with Gasteiger partial charge in [0.15, 0.2) is 0 Å². The molecule has 0 bridgehead atoms. The molecule has 1 saturated heterocycles. The van der Waals surface area contributed by atoms with Crippen LogP contribution in [0.5, 0.6) is 0 Å². The fourth-order valence-electron chi connectivity index (χ4n) is 2.19. The average Bonchev–Trinajstić information content (AvgIpc) is 2.86. The van der Waals surface area contributed by atoms with Crippen LogP contribution in [0.15, 0.2) is 18.2 Å². The number of hydrogen-bond donors (Lipinski definition) is 1. The van der Waals surface area contributed by atoms with E-state index in [-0.39, 0.29) is 11.3 Å². The standard InChI is InChI=1S/C12H14N4O2/c1-14-10-4-5-15(8-10)11-3-2-9(7-13)12(6-11)16(17)18/h2-3,6,10,14H,4-5,8H2,1H3. The summed E-state index contributed by atoms with van der Waals surface area (Å²) in [6, 6.07) is 7.02. The molecule has 94 valence electrons. The maximum absolute atomic E-state index is 10.9. The Morgan fingerprint density at radius 2 is 2.39 bits per heavy atom. The van der Waals surface area contributed by atoms with Gasteiger partial charge in [0.05, 0.1) is 4.92 Å². The number of benzene rings is 1. The summed E-state index contributed by atoms with van der Waals surface area (Å²) in [6.45, 7) is 1.70. The first-order valence-electron chi connectivity index (χ1n) is 5.76. The predicted octanol–water partition coefficient (Wildman–Crippen LogP) is 1.26. The minimum Gasteiger partial charge on any atom is -0.370 e. The molecule has 1 heterocycles. The molecule has 1 fully saturated rings. The van der Waals surface area contributed by atoms with Crippen molar-refractivity contribution in [1.29, 1.82) is 5.26 Å². The Hall–Kier alpha value is -2.13. The minimum atomic E-state index is -0.506. The molecule has 1 aliphatic heterocycles. The Morgan fingerprint density at radius 1 is 1.61 bits per heavy atom. The van der Waals surface area contributed by atoms with Gasteiger partial charge in [0.2, 0.25) is 0 Å². The van der Waals surface area contributed by atoms with E-state index in [9.17, 15) is 10.1 Å². The SMILES string of the molecule is CNC1CCN(c2ccc(C#N)c([N+](=O)[O-])c2)C1. The van der Waals surface area contributed by atoms with E-state index in [0.717, 1.165) is 25.2 Å². The Morgan fingerprint density at radius 3 is 2.94 bits per heavy atom. The zero-order chi connectivity index (χ0) is 13.1. The number of rotatable bonds is 3. The Balaban J connectivity index is 2.28. The highest BCUT2D eigenvalue weighted by atomic mass is 16.6. The minimum absolute atomic E-state index is 0.105. The van der Waals surface area contributed by atoms with E-state index in [1.807, 2.05) is 13.1 Å². The summed E-state index contributed by atoms with van der Waals surface area (Å²) in [5.41, 5.74) is 0.787. The largest absolute Gasteiger partial charge is 0.370 e. The fraction of sp³-hybridized carbons (Fsp3) is 0.417. The molecule has 0 amide bonds. The maximum Gasteiger partial charge on any atom is 0.289 e. The van der Waals surface area contributed by atoms with Gasteiger partial charge in [-0.15, -0.1) is 0 Å². The van der Waals surface area contributed by atoms with Gasteiger partial charge in [-0.2, -0.15) is 5.26 Å². The second-order valence-electron chi connectivity index (χ2n) is 4.29. The van der Waals surface area contributed by atoms with Crippen molar-refractivity contribution in [3.8, 4) is 6.07 Å². The number of nitrogens with one attached hydrogen (secondary N) is 1. The van der Waals surface area contributed by atoms with Gasteiger partial charge < -0.3 is 10.2 Å². The van der Waals surface area contributed by atoms with E-state index in [2.05, 4.69) is 10.2 Å². The van der Waals surface area contributed by atoms with Gasteiger partial charge >= 0.3 is 0 Å². The Kier molecular flexibility index (Phi) is 3.44. The molecule has 2 rings (SSSR count). The van der Waals surface area contributed by atoms with E-state index in [0.29, 0.717) is 6.04 Å². The monoisotopic (exact) mass is 246 g/mol. The van der Waals surface area contributed by atoms with Crippen molar-refractivity contribution in [2.45, 2.75) is 12.5 Å². The normalized spacial score (nSPS) is 18.7. The molecule has 0 aromatic heterocycles. The van der Waals surface area contributed by atoms with Crippen LogP contribution < -0.4 is 10.2 Å². The van der Waals surface area contributed by atoms with Crippen molar-refractivity contribution in [3.63, 3.8) is 0 Å². The van der Waals surface area contributed by atoms with Crippen LogP contribution in [0, 0.1) is 21.4 Å². The molecular formula is C12H14N4O2. The molecule has 6 heteroatoms. The number of anilines is 1. The summed E-state index contributed by atoms with van der Waals surface area (Å²) in [5.74, 6) is 0. The molecule has 1 aliphatic rings. The fourth-order valence-corrected chi connectivity index (χ4v) is 2.19. The molecule has 1 aromatic carbocycles. The highest BCUT2D eigenvalue weighted by Crippen LogP contribution is 2.27. The third-order valence-corrected chi connectivity index (χ3v) is 3.26. The lowest BCUT2D eigenvalue weighted by molar-refractivity contribution is -0.385. The van der Waals surface area contributed by atoms with Gasteiger partial charge in [0, 0.05) is 30.9 Å². The molecule has 1 N–H and O–H groups in total. The van der Waals surface area contributed by atoms with Crippen molar-refractivity contribution in [2.24, 2.45) is 0 Å². The van der Waals surface area contributed by atoms with Crippen molar-refractivity contribution in [3.05, 3.63) is 33.9 Å². The number of nitro groups is 1. The lowest BCUT2D eigenvalue weighted by atomic mass is 10.1. The molecule has 18 heavy (non-hydrogen) atoms. The third-order valence-electron chi connectivity index (χ3n) is 3.26. The lowest BCUT2D eigenvalue weighted by Crippen LogP contribution is -2.29. The topological polar surface area (TPSA) is 82.2 Å². The van der Waals surface area contributed by atoms with Gasteiger partial charge in [0.1, 0.15) is 11.6 Å². The summed E-state index contributed by atoms with van der Waals surface area (Å²) in [5, 5.41) is 22.9. The average molecular weight is 246 g/mol. The zero-order valence-electron chi connectivity index (χ0n) is 10.1. The van der Waals surface area contributed by atoms with Crippen molar-refractivity contribution in [1.82, 2.24) is 5.32 Å². The summed E-state index contributed by atoms with van der Waals surface area (Å²) >= 11 is 0. The summed E-state index contributed by atoms with van der Waals surface area (Å²) in [4.78, 5) is 12.5. The lowest BCUT2D eigenvalue weighted by Gasteiger charge is -2.18. The second kappa shape index (κ2) is 5.02. The quantitative estimate of drug-likeness (QED) is 0.641. The number of nitriles is 1. The molecule has 0 saturated carbocycles. The van der Waals surface area contributed by atoms with Crippen LogP contribution in [0.25, 0.3) is 0 Å². The van der Waals surface area contributed by atoms with Gasteiger partial charge in [-0.3, -0.25) is 10.1 Å². The van der Waals surface area contributed by atoms with E-state index in [4.69, 9.17) is 5.26 Å². The summed E-state index contributed by atoms with van der Waals surface area (Å²) in [6.07, 6.45) is 1.02. The van der Waals surface area contributed by atoms with Crippen LogP contribution in [0.1, 0.15) is 12.0 Å². The smallest absolute Gasteiger partial charge is 0.289 e. The second-order valence-corrected chi connectivity index (χ2v) is 4.29. The van der Waals surface area contributed by atoms with Crippen LogP contribution in [-0.2, 0) is 0 Å². The summed E-state index contributed by atoms with van der Waals surface area (Å²) in [7, 11) is 1.91. The molecule has 1 atom stereocenters. The molecule has 1 aromatic rings. The van der Waals surface area contributed by atoms with E-state index in [1.54, 1.807) is 6.07 Å². The highest BCUT2D eigenvalue weighted by Gasteiger charge is 2.23.